The van der Waals surface area contributed by atoms with Crippen LogP contribution in [0.2, 0.25) is 5.02 Å². The summed E-state index contributed by atoms with van der Waals surface area (Å²) < 4.78 is 4.54. The second kappa shape index (κ2) is 4.85. The number of anilines is 2. The predicted octanol–water partition coefficient (Wildman–Crippen LogP) is 1.67. The zero-order valence-corrected chi connectivity index (χ0v) is 9.59. The third-order valence-corrected chi connectivity index (χ3v) is 2.17. The molecule has 5 nitrogen and oxygen atoms in total. The third kappa shape index (κ3) is 2.64. The molecule has 16 heavy (non-hydrogen) atoms. The van der Waals surface area contributed by atoms with Gasteiger partial charge in [-0.1, -0.05) is 11.6 Å². The number of hydrogen-bond acceptors (Lipinski definition) is 4. The Morgan fingerprint density at radius 3 is 2.56 bits per heavy atom. The number of carbonyl (C=O) groups is 2. The maximum absolute atomic E-state index is 11.3. The molecule has 0 atom stereocenters. The van der Waals surface area contributed by atoms with Crippen LogP contribution in [0, 0.1) is 0 Å². The van der Waals surface area contributed by atoms with Crippen LogP contribution < -0.4 is 11.1 Å². The number of esters is 1. The van der Waals surface area contributed by atoms with Crippen molar-refractivity contribution in [2.75, 3.05) is 18.2 Å². The van der Waals surface area contributed by atoms with E-state index in [2.05, 4.69) is 10.1 Å². The van der Waals surface area contributed by atoms with E-state index in [-0.39, 0.29) is 22.2 Å². The number of benzene rings is 1. The Balaban J connectivity index is 3.21. The minimum atomic E-state index is -0.586. The van der Waals surface area contributed by atoms with E-state index in [1.54, 1.807) is 0 Å². The molecule has 0 fully saturated rings. The summed E-state index contributed by atoms with van der Waals surface area (Å²) >= 11 is 5.82. The Morgan fingerprint density at radius 1 is 1.44 bits per heavy atom. The standard InChI is InChI=1S/C10H11ClN2O3/c1-5(14)13-9-3-6(10(15)16-2)7(11)4-8(9)12/h3-4H,12H2,1-2H3,(H,13,14). The van der Waals surface area contributed by atoms with Crippen molar-refractivity contribution < 1.29 is 14.3 Å². The van der Waals surface area contributed by atoms with E-state index in [0.29, 0.717) is 5.69 Å². The molecule has 0 aliphatic rings. The van der Waals surface area contributed by atoms with E-state index in [0.717, 1.165) is 0 Å². The predicted molar refractivity (Wildman–Crippen MR) is 61.5 cm³/mol. The maximum atomic E-state index is 11.3. The minimum absolute atomic E-state index is 0.155. The Hall–Kier alpha value is -1.75. The van der Waals surface area contributed by atoms with Crippen LogP contribution in [0.25, 0.3) is 0 Å². The van der Waals surface area contributed by atoms with Crippen molar-refractivity contribution in [3.8, 4) is 0 Å². The molecule has 0 saturated carbocycles. The fourth-order valence-electron chi connectivity index (χ4n) is 1.15. The van der Waals surface area contributed by atoms with Gasteiger partial charge in [0.05, 0.1) is 29.1 Å². The number of nitrogens with two attached hydrogens (primary N) is 1. The molecule has 0 saturated heterocycles. The molecule has 0 aromatic heterocycles. The quantitative estimate of drug-likeness (QED) is 0.611. The average molecular weight is 243 g/mol. The van der Waals surface area contributed by atoms with Crippen LogP contribution >= 0.6 is 11.6 Å². The Bertz CT molecular complexity index is 446. The molecule has 0 aliphatic heterocycles. The molecule has 3 N–H and O–H groups in total. The van der Waals surface area contributed by atoms with Gasteiger partial charge in [-0.2, -0.15) is 0 Å². The van der Waals surface area contributed by atoms with E-state index < -0.39 is 5.97 Å². The number of amides is 1. The lowest BCUT2D eigenvalue weighted by molar-refractivity contribution is -0.114. The molecule has 0 aliphatic carbocycles. The Morgan fingerprint density at radius 2 is 2.06 bits per heavy atom. The Kier molecular flexibility index (Phi) is 3.73. The SMILES string of the molecule is COC(=O)c1cc(NC(C)=O)c(N)cc1Cl. The van der Waals surface area contributed by atoms with Crippen molar-refractivity contribution in [2.45, 2.75) is 6.92 Å². The first kappa shape index (κ1) is 12.3. The summed E-state index contributed by atoms with van der Waals surface area (Å²) in [5.41, 5.74) is 6.40. The van der Waals surface area contributed by atoms with Gasteiger partial charge >= 0.3 is 5.97 Å². The van der Waals surface area contributed by atoms with Gasteiger partial charge in [0.1, 0.15) is 0 Å². The van der Waals surface area contributed by atoms with Gasteiger partial charge in [-0.25, -0.2) is 4.79 Å². The van der Waals surface area contributed by atoms with E-state index in [4.69, 9.17) is 17.3 Å². The fourth-order valence-corrected chi connectivity index (χ4v) is 1.40. The zero-order chi connectivity index (χ0) is 12.3. The van der Waals surface area contributed by atoms with Crippen molar-refractivity contribution in [2.24, 2.45) is 0 Å². The second-order valence-corrected chi connectivity index (χ2v) is 3.50. The lowest BCUT2D eigenvalue weighted by atomic mass is 10.1. The Labute approximate surface area is 97.5 Å². The molecule has 1 amide bonds. The molecule has 1 aromatic rings. The summed E-state index contributed by atoms with van der Waals surface area (Å²) in [5, 5.41) is 2.67. The van der Waals surface area contributed by atoms with Crippen LogP contribution in [0.1, 0.15) is 17.3 Å². The van der Waals surface area contributed by atoms with Gasteiger partial charge in [0.15, 0.2) is 0 Å². The summed E-state index contributed by atoms with van der Waals surface area (Å²) in [6, 6.07) is 2.77. The summed E-state index contributed by atoms with van der Waals surface area (Å²) in [4.78, 5) is 22.2. The summed E-state index contributed by atoms with van der Waals surface area (Å²) in [6.45, 7) is 1.34. The van der Waals surface area contributed by atoms with E-state index >= 15 is 0 Å². The van der Waals surface area contributed by atoms with Crippen molar-refractivity contribution in [3.63, 3.8) is 0 Å². The van der Waals surface area contributed by atoms with Crippen molar-refractivity contribution in [3.05, 3.63) is 22.7 Å². The second-order valence-electron chi connectivity index (χ2n) is 3.09. The lowest BCUT2D eigenvalue weighted by Gasteiger charge is -2.09. The van der Waals surface area contributed by atoms with Crippen molar-refractivity contribution in [1.82, 2.24) is 0 Å². The normalized spacial score (nSPS) is 9.69. The largest absolute Gasteiger partial charge is 0.465 e. The van der Waals surface area contributed by atoms with Gasteiger partial charge < -0.3 is 15.8 Å². The molecule has 86 valence electrons. The van der Waals surface area contributed by atoms with Gasteiger partial charge in [0, 0.05) is 6.92 Å². The molecule has 0 spiro atoms. The van der Waals surface area contributed by atoms with E-state index in [9.17, 15) is 9.59 Å². The van der Waals surface area contributed by atoms with Crippen molar-refractivity contribution in [1.29, 1.82) is 0 Å². The highest BCUT2D eigenvalue weighted by molar-refractivity contribution is 6.34. The zero-order valence-electron chi connectivity index (χ0n) is 8.83. The number of halogens is 1. The van der Waals surface area contributed by atoms with Crippen LogP contribution in [0.4, 0.5) is 11.4 Å². The minimum Gasteiger partial charge on any atom is -0.465 e. The molecule has 6 heteroatoms. The monoisotopic (exact) mass is 242 g/mol. The number of nitrogen functional groups attached to an aromatic ring is 1. The van der Waals surface area contributed by atoms with Crippen LogP contribution in [-0.2, 0) is 9.53 Å². The number of ether oxygens (including phenoxy) is 1. The molecule has 0 heterocycles. The smallest absolute Gasteiger partial charge is 0.339 e. The van der Waals surface area contributed by atoms with Gasteiger partial charge in [-0.3, -0.25) is 4.79 Å². The molecule has 1 aromatic carbocycles. The fraction of sp³-hybridized carbons (Fsp3) is 0.200. The van der Waals surface area contributed by atoms with Gasteiger partial charge in [0.25, 0.3) is 0 Å². The van der Waals surface area contributed by atoms with Crippen LogP contribution in [-0.4, -0.2) is 19.0 Å². The first-order chi connectivity index (χ1) is 7.45. The lowest BCUT2D eigenvalue weighted by Crippen LogP contribution is -2.10. The average Bonchev–Trinajstić information content (AvgIpc) is 2.20. The van der Waals surface area contributed by atoms with Crippen LogP contribution in [0.5, 0.6) is 0 Å². The topological polar surface area (TPSA) is 81.4 Å². The number of carbonyl (C=O) groups excluding carboxylic acids is 2. The van der Waals surface area contributed by atoms with E-state index in [1.807, 2.05) is 0 Å². The van der Waals surface area contributed by atoms with Crippen LogP contribution in [0.15, 0.2) is 12.1 Å². The van der Waals surface area contributed by atoms with Gasteiger partial charge in [-0.15, -0.1) is 0 Å². The van der Waals surface area contributed by atoms with Gasteiger partial charge in [0.2, 0.25) is 5.91 Å². The highest BCUT2D eigenvalue weighted by atomic mass is 35.5. The van der Waals surface area contributed by atoms with E-state index in [1.165, 1.54) is 26.2 Å². The van der Waals surface area contributed by atoms with Crippen LogP contribution in [0.3, 0.4) is 0 Å². The number of rotatable bonds is 2. The highest BCUT2D eigenvalue weighted by Crippen LogP contribution is 2.27. The summed E-state index contributed by atoms with van der Waals surface area (Å²) in [7, 11) is 1.24. The van der Waals surface area contributed by atoms with Crippen molar-refractivity contribution >= 4 is 34.9 Å². The first-order valence-electron chi connectivity index (χ1n) is 4.40. The summed E-state index contributed by atoms with van der Waals surface area (Å²) in [5.74, 6) is -0.874. The van der Waals surface area contributed by atoms with Gasteiger partial charge in [-0.05, 0) is 12.1 Å². The summed E-state index contributed by atoms with van der Waals surface area (Å²) in [6.07, 6.45) is 0. The third-order valence-electron chi connectivity index (χ3n) is 1.86. The molecule has 0 bridgehead atoms. The molecule has 1 rings (SSSR count). The number of methoxy groups -OCH3 is 1. The number of hydrogen-bond donors (Lipinski definition) is 2. The molecule has 0 radical (unpaired) electrons. The first-order valence-corrected chi connectivity index (χ1v) is 4.78. The highest BCUT2D eigenvalue weighted by Gasteiger charge is 2.14. The maximum Gasteiger partial charge on any atom is 0.339 e. The molecule has 0 unspecified atom stereocenters. The molecular formula is C10H11ClN2O3. The number of nitrogens with one attached hydrogen (secondary N) is 1. The molecular weight excluding hydrogens is 232 g/mol.